The fourth-order valence-corrected chi connectivity index (χ4v) is 6.83. The molecule has 47 heavy (non-hydrogen) atoms. The second kappa shape index (κ2) is 12.8. The minimum Gasteiger partial charge on any atom is -0.505 e. The molecule has 0 saturated carbocycles. The molecule has 244 valence electrons. The van der Waals surface area contributed by atoms with Gasteiger partial charge in [-0.2, -0.15) is 25.3 Å². The standard InChI is InChI=1S/C29H24N4O11S3/c34-25(16-30-15-17-6-2-1-3-7-17)31-23-14-20(45(36,37)38)12-19-13-24(46(39,40)41)27(28(35)26(19)23)33-32-22-11-10-18-8-4-5-9-21(18)29(22)47(42,43)44/h1-14,30,35H,15-16H2,(H,31,34)(H,36,37,38)(H,39,40,41)(H,42,43,44). The van der Waals surface area contributed by atoms with Gasteiger partial charge in [0.1, 0.15) is 21.2 Å². The first-order valence-electron chi connectivity index (χ1n) is 13.3. The quantitative estimate of drug-likeness (QED) is 0.0865. The van der Waals surface area contributed by atoms with Crippen molar-refractivity contribution in [2.24, 2.45) is 10.2 Å². The van der Waals surface area contributed by atoms with Crippen molar-refractivity contribution in [3.63, 3.8) is 0 Å². The number of fused-ring (bicyclic) bond motifs is 2. The number of nitrogens with zero attached hydrogens (tertiary/aromatic N) is 2. The number of aromatic hydroxyl groups is 1. The molecule has 0 aromatic heterocycles. The van der Waals surface area contributed by atoms with Crippen molar-refractivity contribution in [1.29, 1.82) is 0 Å². The first-order chi connectivity index (χ1) is 22.0. The highest BCUT2D eigenvalue weighted by atomic mass is 32.2. The summed E-state index contributed by atoms with van der Waals surface area (Å²) in [5.74, 6) is -1.76. The van der Waals surface area contributed by atoms with Gasteiger partial charge >= 0.3 is 0 Å². The lowest BCUT2D eigenvalue weighted by molar-refractivity contribution is -0.115. The first-order valence-corrected chi connectivity index (χ1v) is 17.6. The molecule has 18 heteroatoms. The molecule has 5 aromatic rings. The van der Waals surface area contributed by atoms with Crippen LogP contribution in [0.3, 0.4) is 0 Å². The lowest BCUT2D eigenvalue weighted by atomic mass is 10.1. The van der Waals surface area contributed by atoms with Crippen LogP contribution in [0.25, 0.3) is 21.5 Å². The Labute approximate surface area is 267 Å². The van der Waals surface area contributed by atoms with Crippen LogP contribution in [0.4, 0.5) is 17.1 Å². The smallest absolute Gasteiger partial charge is 0.297 e. The number of hydrogen-bond donors (Lipinski definition) is 6. The summed E-state index contributed by atoms with van der Waals surface area (Å²) < 4.78 is 103. The molecule has 0 atom stereocenters. The maximum absolute atomic E-state index is 12.9. The topological polar surface area (TPSA) is 249 Å². The molecule has 0 aliphatic heterocycles. The summed E-state index contributed by atoms with van der Waals surface area (Å²) in [7, 11) is -15.1. The van der Waals surface area contributed by atoms with Gasteiger partial charge in [0.05, 0.1) is 17.1 Å². The van der Waals surface area contributed by atoms with Crippen molar-refractivity contribution in [3.05, 3.63) is 90.5 Å². The van der Waals surface area contributed by atoms with Crippen LogP contribution < -0.4 is 10.6 Å². The van der Waals surface area contributed by atoms with Gasteiger partial charge < -0.3 is 15.7 Å². The van der Waals surface area contributed by atoms with E-state index in [0.717, 1.165) is 23.8 Å². The number of carbonyl (C=O) groups excluding carboxylic acids is 1. The van der Waals surface area contributed by atoms with Crippen LogP contribution in [0.5, 0.6) is 5.75 Å². The van der Waals surface area contributed by atoms with E-state index in [1.165, 1.54) is 18.2 Å². The van der Waals surface area contributed by atoms with Crippen molar-refractivity contribution in [2.75, 3.05) is 11.9 Å². The predicted molar refractivity (Wildman–Crippen MR) is 170 cm³/mol. The van der Waals surface area contributed by atoms with Crippen LogP contribution in [-0.4, -0.2) is 56.5 Å². The highest BCUT2D eigenvalue weighted by Crippen LogP contribution is 2.45. The second-order valence-electron chi connectivity index (χ2n) is 10.0. The third-order valence-corrected chi connectivity index (χ3v) is 9.45. The zero-order valence-electron chi connectivity index (χ0n) is 23.8. The van der Waals surface area contributed by atoms with E-state index in [-0.39, 0.29) is 29.2 Å². The maximum atomic E-state index is 12.9. The molecule has 0 spiro atoms. The van der Waals surface area contributed by atoms with Gasteiger partial charge in [0.25, 0.3) is 30.4 Å². The van der Waals surface area contributed by atoms with E-state index >= 15 is 0 Å². The highest BCUT2D eigenvalue weighted by molar-refractivity contribution is 7.86. The molecule has 5 rings (SSSR count). The summed E-state index contributed by atoms with van der Waals surface area (Å²) in [5.41, 5.74) is -0.937. The van der Waals surface area contributed by atoms with E-state index in [2.05, 4.69) is 20.9 Å². The van der Waals surface area contributed by atoms with E-state index in [1.807, 2.05) is 18.2 Å². The monoisotopic (exact) mass is 700 g/mol. The van der Waals surface area contributed by atoms with Crippen molar-refractivity contribution in [1.82, 2.24) is 5.32 Å². The molecule has 0 fully saturated rings. The molecule has 5 aromatic carbocycles. The van der Waals surface area contributed by atoms with Gasteiger partial charge in [0, 0.05) is 17.3 Å². The number of carbonyl (C=O) groups is 1. The summed E-state index contributed by atoms with van der Waals surface area (Å²) in [6.45, 7) is -0.0167. The molecule has 0 heterocycles. The van der Waals surface area contributed by atoms with E-state index in [4.69, 9.17) is 0 Å². The Morgan fingerprint density at radius 3 is 2.06 bits per heavy atom. The summed E-state index contributed by atoms with van der Waals surface area (Å²) in [5, 5.41) is 23.8. The second-order valence-corrected chi connectivity index (χ2v) is 14.2. The number of hydrogen-bond acceptors (Lipinski definition) is 11. The van der Waals surface area contributed by atoms with Crippen molar-refractivity contribution < 1.29 is 48.8 Å². The van der Waals surface area contributed by atoms with Gasteiger partial charge in [-0.1, -0.05) is 60.7 Å². The number of rotatable bonds is 10. The number of phenolic OH excluding ortho intramolecular Hbond substituents is 1. The number of amides is 1. The first kappa shape index (κ1) is 33.5. The molecule has 0 aliphatic rings. The lowest BCUT2D eigenvalue weighted by Gasteiger charge is -2.15. The third-order valence-electron chi connectivity index (χ3n) is 6.81. The maximum Gasteiger partial charge on any atom is 0.297 e. The average Bonchev–Trinajstić information content (AvgIpc) is 2.99. The molecule has 0 saturated heterocycles. The lowest BCUT2D eigenvalue weighted by Crippen LogP contribution is -2.27. The van der Waals surface area contributed by atoms with Gasteiger partial charge in [-0.25, -0.2) is 0 Å². The summed E-state index contributed by atoms with van der Waals surface area (Å²) in [6, 6.07) is 20.0. The van der Waals surface area contributed by atoms with Crippen LogP contribution in [0.2, 0.25) is 0 Å². The van der Waals surface area contributed by atoms with Crippen LogP contribution in [0.15, 0.2) is 110 Å². The van der Waals surface area contributed by atoms with Gasteiger partial charge in [0.2, 0.25) is 5.91 Å². The minimum atomic E-state index is -5.24. The minimum absolute atomic E-state index is 0.0489. The molecule has 0 radical (unpaired) electrons. The van der Waals surface area contributed by atoms with E-state index < -0.39 is 73.8 Å². The number of azo groups is 1. The summed E-state index contributed by atoms with van der Waals surface area (Å²) in [4.78, 5) is 10.3. The van der Waals surface area contributed by atoms with E-state index in [1.54, 1.807) is 24.3 Å². The zero-order valence-corrected chi connectivity index (χ0v) is 26.2. The third kappa shape index (κ3) is 7.44. The number of nitrogens with one attached hydrogen (secondary N) is 2. The Bertz CT molecular complexity index is 2420. The summed E-state index contributed by atoms with van der Waals surface area (Å²) in [6.07, 6.45) is 0. The molecule has 15 nitrogen and oxygen atoms in total. The normalized spacial score (nSPS) is 12.6. The molecular weight excluding hydrogens is 677 g/mol. The van der Waals surface area contributed by atoms with Crippen molar-refractivity contribution in [2.45, 2.75) is 21.2 Å². The van der Waals surface area contributed by atoms with Gasteiger partial charge in [-0.05, 0) is 40.6 Å². The Morgan fingerprint density at radius 1 is 0.723 bits per heavy atom. The molecule has 6 N–H and O–H groups in total. The fourth-order valence-electron chi connectivity index (χ4n) is 4.80. The van der Waals surface area contributed by atoms with E-state index in [0.29, 0.717) is 11.5 Å². The van der Waals surface area contributed by atoms with Gasteiger partial charge in [-0.15, -0.1) is 10.2 Å². The van der Waals surface area contributed by atoms with Crippen LogP contribution >= 0.6 is 0 Å². The Balaban J connectivity index is 1.66. The SMILES string of the molecule is O=C(CNCc1ccccc1)Nc1cc(S(=O)(=O)O)cc2cc(S(=O)(=O)O)c(N=Nc3ccc4ccccc4c3S(=O)(=O)O)c(O)c12. The molecule has 0 aliphatic carbocycles. The average molecular weight is 701 g/mol. The van der Waals surface area contributed by atoms with Crippen molar-refractivity contribution in [3.8, 4) is 5.75 Å². The van der Waals surface area contributed by atoms with Crippen LogP contribution in [0.1, 0.15) is 5.56 Å². The Kier molecular flexibility index (Phi) is 9.11. The molecule has 0 bridgehead atoms. The highest BCUT2D eigenvalue weighted by Gasteiger charge is 2.27. The predicted octanol–water partition coefficient (Wildman–Crippen LogP) is 4.58. The number of anilines is 1. The Morgan fingerprint density at radius 2 is 1.40 bits per heavy atom. The van der Waals surface area contributed by atoms with Gasteiger partial charge in [-0.3, -0.25) is 18.5 Å². The summed E-state index contributed by atoms with van der Waals surface area (Å²) >= 11 is 0. The number of benzene rings is 5. The zero-order chi connectivity index (χ0) is 34.1. The largest absolute Gasteiger partial charge is 0.505 e. The van der Waals surface area contributed by atoms with E-state index in [9.17, 15) is 48.8 Å². The van der Waals surface area contributed by atoms with Crippen molar-refractivity contribution >= 4 is 74.9 Å². The molecule has 1 amide bonds. The molecule has 0 unspecified atom stereocenters. The van der Waals surface area contributed by atoms with Crippen LogP contribution in [-0.2, 0) is 41.7 Å². The number of phenols is 1. The Hall–Kier alpha value is -4.82. The van der Waals surface area contributed by atoms with Crippen LogP contribution in [0, 0.1) is 0 Å². The van der Waals surface area contributed by atoms with Gasteiger partial charge in [0.15, 0.2) is 5.75 Å². The molecular formula is C29H24N4O11S3. The fraction of sp³-hybridized carbons (Fsp3) is 0.0690.